The number of pyridine rings is 2. The van der Waals surface area contributed by atoms with E-state index >= 15 is 0 Å². The Balaban J connectivity index is 0.000000212. The third-order valence-electron chi connectivity index (χ3n) is 12.5. The van der Waals surface area contributed by atoms with Gasteiger partial charge in [-0.15, -0.1) is 54.1 Å². The van der Waals surface area contributed by atoms with Crippen molar-refractivity contribution in [1.82, 2.24) is 19.5 Å². The minimum Gasteiger partial charge on any atom is -0.486 e. The van der Waals surface area contributed by atoms with Crippen LogP contribution >= 0.6 is 0 Å². The molecule has 7 aromatic carbocycles. The normalized spacial score (nSPS) is 12.4. The Labute approximate surface area is 400 Å². The van der Waals surface area contributed by atoms with E-state index in [-0.39, 0.29) is 20.1 Å². The fourth-order valence-electron chi connectivity index (χ4n) is 9.13. The molecular formula is C58H48IrN4O2Si-2. The first-order valence-electron chi connectivity index (χ1n) is 22.8. The number of nitrogens with zero attached hydrogens (tertiary/aromatic N) is 4. The summed E-state index contributed by atoms with van der Waals surface area (Å²) in [4.78, 5) is 14.8. The molecule has 0 bridgehead atoms. The number of benzene rings is 7. The van der Waals surface area contributed by atoms with Crippen molar-refractivity contribution in [3.63, 3.8) is 0 Å². The SMILES string of the molecule is CC(C)c1ccc2c(c1)oc1cc(-n3c(-c4[c-]ccc5c4oc4nc6c(ccc7ccccc76)cc45)nc4ccccc43)ccc12.[2H]C(C)(C)c1cc(-c2[c-]cccc2)ncc1[Si](C)(C)C.[Ir]. The second kappa shape index (κ2) is 16.9. The molecule has 0 saturated heterocycles. The van der Waals surface area contributed by atoms with Crippen molar-refractivity contribution in [2.75, 3.05) is 0 Å². The van der Waals surface area contributed by atoms with E-state index in [9.17, 15) is 0 Å². The Morgan fingerprint density at radius 1 is 0.652 bits per heavy atom. The monoisotopic (exact) mass is 1050 g/mol. The molecule has 327 valence electrons. The number of fused-ring (bicyclic) bond motifs is 10. The average Bonchev–Trinajstić information content (AvgIpc) is 4.01. The Morgan fingerprint density at radius 3 is 2.20 bits per heavy atom. The minimum atomic E-state index is -1.50. The van der Waals surface area contributed by atoms with E-state index in [1.54, 1.807) is 0 Å². The van der Waals surface area contributed by atoms with Crippen molar-refractivity contribution < 1.29 is 30.3 Å². The summed E-state index contributed by atoms with van der Waals surface area (Å²) in [6.07, 6.45) is 1.98. The van der Waals surface area contributed by atoms with Crippen LogP contribution < -0.4 is 5.19 Å². The Kier molecular flexibility index (Phi) is 10.8. The molecule has 0 aliphatic carbocycles. The summed E-state index contributed by atoms with van der Waals surface area (Å²) in [5.41, 5.74) is 11.9. The quantitative estimate of drug-likeness (QED) is 0.0943. The van der Waals surface area contributed by atoms with Gasteiger partial charge in [-0.2, -0.15) is 0 Å². The number of imidazole rings is 1. The van der Waals surface area contributed by atoms with Crippen molar-refractivity contribution in [1.29, 1.82) is 0 Å². The Morgan fingerprint density at radius 2 is 1.41 bits per heavy atom. The van der Waals surface area contributed by atoms with E-state index in [0.717, 1.165) is 99.3 Å². The summed E-state index contributed by atoms with van der Waals surface area (Å²) < 4.78 is 23.7. The molecule has 0 fully saturated rings. The van der Waals surface area contributed by atoms with Gasteiger partial charge in [-0.1, -0.05) is 131 Å². The summed E-state index contributed by atoms with van der Waals surface area (Å²) in [7, 11) is -1.50. The van der Waals surface area contributed by atoms with Gasteiger partial charge in [0, 0.05) is 66.4 Å². The molecule has 12 rings (SSSR count). The first-order chi connectivity index (χ1) is 31.8. The maximum absolute atomic E-state index is 8.44. The predicted molar refractivity (Wildman–Crippen MR) is 272 cm³/mol. The van der Waals surface area contributed by atoms with E-state index in [4.69, 9.17) is 20.2 Å². The van der Waals surface area contributed by atoms with E-state index < -0.39 is 14.0 Å². The zero-order chi connectivity index (χ0) is 45.5. The first-order valence-corrected chi connectivity index (χ1v) is 25.8. The smallest absolute Gasteiger partial charge is 0.216 e. The van der Waals surface area contributed by atoms with Gasteiger partial charge in [-0.25, -0.2) is 4.98 Å². The third kappa shape index (κ3) is 7.53. The van der Waals surface area contributed by atoms with Gasteiger partial charge < -0.3 is 18.4 Å². The molecule has 6 nitrogen and oxygen atoms in total. The van der Waals surface area contributed by atoms with Crippen molar-refractivity contribution in [2.24, 2.45) is 0 Å². The second-order valence-corrected chi connectivity index (χ2v) is 23.5. The van der Waals surface area contributed by atoms with Gasteiger partial charge >= 0.3 is 0 Å². The van der Waals surface area contributed by atoms with Gasteiger partial charge in [0.15, 0.2) is 0 Å². The fourth-order valence-corrected chi connectivity index (χ4v) is 10.7. The second-order valence-electron chi connectivity index (χ2n) is 18.5. The summed E-state index contributed by atoms with van der Waals surface area (Å²) in [6, 6.07) is 56.6. The Bertz CT molecular complexity index is 3840. The fraction of sp³-hybridized carbons (Fsp3) is 0.155. The van der Waals surface area contributed by atoms with Gasteiger partial charge in [0.25, 0.3) is 0 Å². The van der Waals surface area contributed by atoms with Crippen LogP contribution in [0.4, 0.5) is 0 Å². The van der Waals surface area contributed by atoms with Crippen LogP contribution in [-0.2, 0) is 20.1 Å². The van der Waals surface area contributed by atoms with E-state index in [0.29, 0.717) is 17.2 Å². The van der Waals surface area contributed by atoms with Crippen LogP contribution in [0.3, 0.4) is 0 Å². The van der Waals surface area contributed by atoms with Gasteiger partial charge in [0.1, 0.15) is 11.2 Å². The van der Waals surface area contributed by atoms with Crippen LogP contribution in [0.25, 0.3) is 105 Å². The van der Waals surface area contributed by atoms with Crippen molar-refractivity contribution in [2.45, 2.75) is 59.1 Å². The summed E-state index contributed by atoms with van der Waals surface area (Å²) in [5, 5.41) is 8.79. The summed E-state index contributed by atoms with van der Waals surface area (Å²) >= 11 is 0. The van der Waals surface area contributed by atoms with Gasteiger partial charge in [0.2, 0.25) is 5.71 Å². The number of para-hydroxylation sites is 2. The van der Waals surface area contributed by atoms with E-state index in [1.165, 1.54) is 10.8 Å². The van der Waals surface area contributed by atoms with Crippen molar-refractivity contribution in [3.8, 4) is 28.3 Å². The van der Waals surface area contributed by atoms with Crippen LogP contribution in [0.2, 0.25) is 19.6 Å². The van der Waals surface area contributed by atoms with Gasteiger partial charge in [-0.3, -0.25) is 4.98 Å². The van der Waals surface area contributed by atoms with Crippen molar-refractivity contribution >= 4 is 90.0 Å². The molecule has 0 aliphatic rings. The van der Waals surface area contributed by atoms with E-state index in [1.807, 2.05) is 68.6 Å². The van der Waals surface area contributed by atoms with Crippen LogP contribution in [0.1, 0.15) is 52.0 Å². The molecule has 0 saturated carbocycles. The minimum absolute atomic E-state index is 0. The molecule has 0 unspecified atom stereocenters. The molecule has 12 aromatic rings. The Hall–Kier alpha value is -6.70. The van der Waals surface area contributed by atoms with Crippen LogP contribution in [0, 0.1) is 12.1 Å². The number of rotatable bonds is 6. The summed E-state index contributed by atoms with van der Waals surface area (Å²) in [6.45, 7) is 15.2. The maximum Gasteiger partial charge on any atom is 0.216 e. The van der Waals surface area contributed by atoms with Gasteiger partial charge in [0.05, 0.1) is 36.0 Å². The molecule has 5 aromatic heterocycles. The zero-order valence-electron chi connectivity index (χ0n) is 38.9. The molecule has 5 heterocycles. The first kappa shape index (κ1) is 42.0. The molecule has 66 heavy (non-hydrogen) atoms. The van der Waals surface area contributed by atoms with Gasteiger partial charge in [-0.05, 0) is 70.0 Å². The van der Waals surface area contributed by atoms with Crippen LogP contribution in [0.15, 0.2) is 161 Å². The predicted octanol–water partition coefficient (Wildman–Crippen LogP) is 15.3. The standard InChI is InChI=1S/C41H26N3O2.C17H22NSi.Ir/c1-23(2)25-16-18-29-30-19-17-27(22-37(30)45-36(29)21-25)44-35-13-6-5-12-34(35)42-40(44)32-11-7-10-31-33-20-26-15-14-24-8-3-4-9-28(24)38(26)43-41(33)46-39(31)32;1-13(2)15-11-16(14-9-7-6-8-10-14)18-12-17(15)19(3,4)5;/h3-10,12-23H,1-2H3;6-9,11-13H,1-5H3;/q2*-1;/i;13D;. The molecule has 0 N–H and O–H groups in total. The molecule has 0 amide bonds. The molecule has 0 spiro atoms. The largest absolute Gasteiger partial charge is 0.486 e. The third-order valence-corrected chi connectivity index (χ3v) is 14.6. The molecule has 1 radical (unpaired) electrons. The van der Waals surface area contributed by atoms with Crippen molar-refractivity contribution in [3.05, 3.63) is 175 Å². The number of aromatic nitrogens is 4. The van der Waals surface area contributed by atoms with E-state index in [2.05, 4.69) is 152 Å². The molecular weight excluding hydrogens is 1000 g/mol. The molecule has 0 atom stereocenters. The maximum atomic E-state index is 8.44. The molecule has 0 aliphatic heterocycles. The average molecular weight is 1050 g/mol. The zero-order valence-corrected chi connectivity index (χ0v) is 41.3. The number of hydrogen-bond acceptors (Lipinski definition) is 5. The topological polar surface area (TPSA) is 69.9 Å². The molecule has 8 heteroatoms. The van der Waals surface area contributed by atoms with Crippen LogP contribution in [-0.4, -0.2) is 27.6 Å². The number of hydrogen-bond donors (Lipinski definition) is 0. The van der Waals surface area contributed by atoms with Crippen LogP contribution in [0.5, 0.6) is 0 Å². The number of furan rings is 2. The summed E-state index contributed by atoms with van der Waals surface area (Å²) in [5.74, 6) is 0.568.